The van der Waals surface area contributed by atoms with Gasteiger partial charge >= 0.3 is 0 Å². The van der Waals surface area contributed by atoms with Crippen LogP contribution in [0.15, 0.2) is 35.6 Å². The monoisotopic (exact) mass is 260 g/mol. The van der Waals surface area contributed by atoms with Gasteiger partial charge in [-0.25, -0.2) is 4.98 Å². The van der Waals surface area contributed by atoms with E-state index in [2.05, 4.69) is 15.0 Å². The summed E-state index contributed by atoms with van der Waals surface area (Å²) in [4.78, 5) is 25.8. The molecule has 1 fully saturated rings. The minimum atomic E-state index is -0.255. The second-order valence-corrected chi connectivity index (χ2v) is 4.11. The standard InChI is InChI=1S/C12H12N4O3/c17-12(10-6-14-8-19-10)16-3-4-18-11(7-16)9-5-13-1-2-15-9/h1-2,5-6,8,11H,3-4,7H2. The number of hydrogen-bond acceptors (Lipinski definition) is 6. The van der Waals surface area contributed by atoms with E-state index in [1.807, 2.05) is 0 Å². The van der Waals surface area contributed by atoms with Gasteiger partial charge in [0.1, 0.15) is 6.10 Å². The summed E-state index contributed by atoms with van der Waals surface area (Å²) in [5, 5.41) is 0. The average molecular weight is 260 g/mol. The molecular formula is C12H12N4O3. The third-order valence-corrected chi connectivity index (χ3v) is 2.91. The predicted molar refractivity (Wildman–Crippen MR) is 63.1 cm³/mol. The first-order chi connectivity index (χ1) is 9.34. The molecule has 1 atom stereocenters. The number of aromatic nitrogens is 3. The van der Waals surface area contributed by atoms with Crippen LogP contribution in [0, 0.1) is 0 Å². The van der Waals surface area contributed by atoms with E-state index in [9.17, 15) is 4.79 Å². The molecule has 0 bridgehead atoms. The van der Waals surface area contributed by atoms with Gasteiger partial charge in [-0.3, -0.25) is 14.8 Å². The molecule has 1 aliphatic rings. The highest BCUT2D eigenvalue weighted by molar-refractivity contribution is 5.91. The van der Waals surface area contributed by atoms with Crippen molar-refractivity contribution in [3.05, 3.63) is 42.6 Å². The number of oxazole rings is 1. The van der Waals surface area contributed by atoms with Crippen molar-refractivity contribution in [3.8, 4) is 0 Å². The van der Waals surface area contributed by atoms with E-state index in [1.165, 1.54) is 12.6 Å². The Hall–Kier alpha value is -2.28. The first kappa shape index (κ1) is 11.8. The molecule has 7 nitrogen and oxygen atoms in total. The van der Waals surface area contributed by atoms with E-state index in [0.717, 1.165) is 5.69 Å². The van der Waals surface area contributed by atoms with E-state index >= 15 is 0 Å². The van der Waals surface area contributed by atoms with Gasteiger partial charge in [-0.15, -0.1) is 0 Å². The van der Waals surface area contributed by atoms with E-state index in [-0.39, 0.29) is 17.8 Å². The lowest BCUT2D eigenvalue weighted by Crippen LogP contribution is -2.42. The molecule has 2 aromatic rings. The third kappa shape index (κ3) is 2.45. The lowest BCUT2D eigenvalue weighted by molar-refractivity contribution is -0.0258. The second-order valence-electron chi connectivity index (χ2n) is 4.11. The molecule has 3 heterocycles. The predicted octanol–water partition coefficient (Wildman–Crippen LogP) is 0.678. The number of carbonyl (C=O) groups excluding carboxylic acids is 1. The minimum absolute atomic E-state index is 0.185. The van der Waals surface area contributed by atoms with Gasteiger partial charge in [-0.05, 0) is 0 Å². The first-order valence-electron chi connectivity index (χ1n) is 5.90. The highest BCUT2D eigenvalue weighted by Crippen LogP contribution is 2.20. The first-order valence-corrected chi connectivity index (χ1v) is 5.90. The molecule has 1 saturated heterocycles. The van der Waals surface area contributed by atoms with Gasteiger partial charge in [-0.1, -0.05) is 0 Å². The fourth-order valence-corrected chi connectivity index (χ4v) is 1.97. The molecule has 19 heavy (non-hydrogen) atoms. The van der Waals surface area contributed by atoms with Crippen molar-refractivity contribution in [2.45, 2.75) is 6.10 Å². The number of morpholine rings is 1. The Kier molecular flexibility index (Phi) is 3.20. The van der Waals surface area contributed by atoms with Gasteiger partial charge in [0.2, 0.25) is 5.76 Å². The topological polar surface area (TPSA) is 81.4 Å². The van der Waals surface area contributed by atoms with Crippen LogP contribution in [0.1, 0.15) is 22.4 Å². The molecule has 1 aliphatic heterocycles. The zero-order chi connectivity index (χ0) is 13.1. The summed E-state index contributed by atoms with van der Waals surface area (Å²) in [7, 11) is 0. The molecule has 1 amide bonds. The lowest BCUT2D eigenvalue weighted by atomic mass is 10.2. The lowest BCUT2D eigenvalue weighted by Gasteiger charge is -2.31. The minimum Gasteiger partial charge on any atom is -0.438 e. The maximum absolute atomic E-state index is 12.1. The molecule has 3 rings (SSSR count). The molecule has 0 saturated carbocycles. The fourth-order valence-electron chi connectivity index (χ4n) is 1.97. The number of hydrogen-bond donors (Lipinski definition) is 0. The van der Waals surface area contributed by atoms with Crippen molar-refractivity contribution in [2.24, 2.45) is 0 Å². The Labute approximate surface area is 109 Å². The van der Waals surface area contributed by atoms with Crippen molar-refractivity contribution in [3.63, 3.8) is 0 Å². The van der Waals surface area contributed by atoms with Crippen LogP contribution in [-0.2, 0) is 4.74 Å². The molecule has 1 unspecified atom stereocenters. The zero-order valence-corrected chi connectivity index (χ0v) is 10.1. The van der Waals surface area contributed by atoms with Crippen molar-refractivity contribution >= 4 is 5.91 Å². The number of nitrogens with zero attached hydrogens (tertiary/aromatic N) is 4. The average Bonchev–Trinajstić information content (AvgIpc) is 3.02. The summed E-state index contributed by atoms with van der Waals surface area (Å²) in [5.74, 6) is 0.0505. The number of ether oxygens (including phenoxy) is 1. The van der Waals surface area contributed by atoms with Crippen LogP contribution in [0.4, 0.5) is 0 Å². The molecule has 0 N–H and O–H groups in total. The third-order valence-electron chi connectivity index (χ3n) is 2.91. The van der Waals surface area contributed by atoms with Gasteiger partial charge in [0.05, 0.1) is 31.2 Å². The molecule has 7 heteroatoms. The summed E-state index contributed by atoms with van der Waals surface area (Å²) in [5.41, 5.74) is 0.720. The van der Waals surface area contributed by atoms with Crippen molar-refractivity contribution < 1.29 is 13.9 Å². The van der Waals surface area contributed by atoms with Crippen molar-refractivity contribution in [1.29, 1.82) is 0 Å². The smallest absolute Gasteiger partial charge is 0.291 e. The summed E-state index contributed by atoms with van der Waals surface area (Å²) < 4.78 is 10.6. The number of rotatable bonds is 2. The molecule has 0 aromatic carbocycles. The van der Waals surface area contributed by atoms with E-state index in [1.54, 1.807) is 23.5 Å². The van der Waals surface area contributed by atoms with Gasteiger partial charge in [-0.2, -0.15) is 0 Å². The Morgan fingerprint density at radius 3 is 3.00 bits per heavy atom. The molecule has 98 valence electrons. The SMILES string of the molecule is O=C(c1cnco1)N1CCOC(c2cnccn2)C1. The maximum Gasteiger partial charge on any atom is 0.291 e. The Morgan fingerprint density at radius 2 is 2.26 bits per heavy atom. The summed E-state index contributed by atoms with van der Waals surface area (Å²) >= 11 is 0. The summed E-state index contributed by atoms with van der Waals surface area (Å²) in [6.07, 6.45) is 7.25. The van der Waals surface area contributed by atoms with E-state index in [0.29, 0.717) is 19.7 Å². The Morgan fingerprint density at radius 1 is 1.32 bits per heavy atom. The molecule has 2 aromatic heterocycles. The van der Waals surface area contributed by atoms with Crippen molar-refractivity contribution in [1.82, 2.24) is 19.9 Å². The molecule has 0 radical (unpaired) electrons. The molecule has 0 aliphatic carbocycles. The van der Waals surface area contributed by atoms with Crippen LogP contribution in [0.2, 0.25) is 0 Å². The quantitative estimate of drug-likeness (QED) is 0.789. The number of carbonyl (C=O) groups is 1. The zero-order valence-electron chi connectivity index (χ0n) is 10.1. The van der Waals surface area contributed by atoms with Crippen LogP contribution < -0.4 is 0 Å². The second kappa shape index (κ2) is 5.15. The van der Waals surface area contributed by atoms with Crippen LogP contribution in [0.3, 0.4) is 0 Å². The molecular weight excluding hydrogens is 248 g/mol. The maximum atomic E-state index is 12.1. The highest BCUT2D eigenvalue weighted by Gasteiger charge is 2.28. The fraction of sp³-hybridized carbons (Fsp3) is 0.333. The highest BCUT2D eigenvalue weighted by atomic mass is 16.5. The van der Waals surface area contributed by atoms with E-state index < -0.39 is 0 Å². The Balaban J connectivity index is 1.73. The van der Waals surface area contributed by atoms with Gasteiger partial charge < -0.3 is 14.1 Å². The van der Waals surface area contributed by atoms with Gasteiger partial charge in [0.15, 0.2) is 6.39 Å². The van der Waals surface area contributed by atoms with Crippen LogP contribution >= 0.6 is 0 Å². The van der Waals surface area contributed by atoms with Gasteiger partial charge in [0.25, 0.3) is 5.91 Å². The molecule has 0 spiro atoms. The van der Waals surface area contributed by atoms with E-state index in [4.69, 9.17) is 9.15 Å². The van der Waals surface area contributed by atoms with Crippen molar-refractivity contribution in [2.75, 3.05) is 19.7 Å². The summed E-state index contributed by atoms with van der Waals surface area (Å²) in [6, 6.07) is 0. The number of amides is 1. The largest absolute Gasteiger partial charge is 0.438 e. The summed E-state index contributed by atoms with van der Waals surface area (Å²) in [6.45, 7) is 1.41. The van der Waals surface area contributed by atoms with Gasteiger partial charge in [0, 0.05) is 18.9 Å². The van der Waals surface area contributed by atoms with Crippen LogP contribution in [0.25, 0.3) is 0 Å². The van der Waals surface area contributed by atoms with Crippen LogP contribution in [-0.4, -0.2) is 45.5 Å². The van der Waals surface area contributed by atoms with Crippen LogP contribution in [0.5, 0.6) is 0 Å². The normalized spacial score (nSPS) is 19.4. The Bertz CT molecular complexity index is 543.